The highest BCUT2D eigenvalue weighted by Gasteiger charge is 2.37. The maximum absolute atomic E-state index is 13.6. The minimum Gasteiger partial charge on any atom is -0.378 e. The van der Waals surface area contributed by atoms with Gasteiger partial charge in [0.25, 0.3) is 5.91 Å². The van der Waals surface area contributed by atoms with Gasteiger partial charge in [0.1, 0.15) is 0 Å². The van der Waals surface area contributed by atoms with Crippen molar-refractivity contribution in [2.24, 2.45) is 0 Å². The molecule has 1 unspecified atom stereocenters. The van der Waals surface area contributed by atoms with E-state index in [0.717, 1.165) is 22.3 Å². The standard InChI is InChI=1S/C22H21ClN4O2/c1-14-19(21(28)26-10-12-29-13-11-26)20(15-6-2-3-7-16(15)23)27-18-9-5-4-8-17(18)25-22(27)24-14/h2-9,20H,10-13H2,1H3,(H,24,25). The van der Waals surface area contributed by atoms with Crippen LogP contribution in [-0.2, 0) is 9.53 Å². The second kappa shape index (κ2) is 7.21. The molecule has 1 amide bonds. The van der Waals surface area contributed by atoms with Crippen LogP contribution in [-0.4, -0.2) is 46.7 Å². The van der Waals surface area contributed by atoms with E-state index in [2.05, 4.69) is 9.88 Å². The summed E-state index contributed by atoms with van der Waals surface area (Å²) in [6.45, 7) is 4.22. The summed E-state index contributed by atoms with van der Waals surface area (Å²) in [6, 6.07) is 15.3. The van der Waals surface area contributed by atoms with Crippen LogP contribution in [0.3, 0.4) is 0 Å². The molecule has 1 aromatic heterocycles. The number of hydrogen-bond donors (Lipinski definition) is 1. The summed E-state index contributed by atoms with van der Waals surface area (Å²) in [4.78, 5) is 20.2. The number of benzene rings is 2. The number of hydrogen-bond acceptors (Lipinski definition) is 4. The summed E-state index contributed by atoms with van der Waals surface area (Å²) >= 11 is 6.62. The summed E-state index contributed by atoms with van der Waals surface area (Å²) < 4.78 is 7.51. The third kappa shape index (κ3) is 2.99. The topological polar surface area (TPSA) is 59.4 Å². The first-order chi connectivity index (χ1) is 14.1. The third-order valence-corrected chi connectivity index (χ3v) is 5.90. The van der Waals surface area contributed by atoms with Crippen molar-refractivity contribution in [3.63, 3.8) is 0 Å². The fourth-order valence-electron chi connectivity index (χ4n) is 4.17. The molecule has 2 aliphatic heterocycles. The van der Waals surface area contributed by atoms with Crippen molar-refractivity contribution in [1.29, 1.82) is 0 Å². The molecule has 0 radical (unpaired) electrons. The van der Waals surface area contributed by atoms with Crippen LogP contribution in [0.2, 0.25) is 5.02 Å². The van der Waals surface area contributed by atoms with Gasteiger partial charge in [0.2, 0.25) is 5.95 Å². The highest BCUT2D eigenvalue weighted by molar-refractivity contribution is 6.31. The van der Waals surface area contributed by atoms with Gasteiger partial charge in [0, 0.05) is 23.8 Å². The molecule has 1 atom stereocenters. The average Bonchev–Trinajstić information content (AvgIpc) is 3.11. The molecule has 148 valence electrons. The van der Waals surface area contributed by atoms with Crippen LogP contribution in [0.1, 0.15) is 18.5 Å². The number of aromatic nitrogens is 2. The largest absolute Gasteiger partial charge is 0.378 e. The maximum atomic E-state index is 13.6. The van der Waals surface area contributed by atoms with Gasteiger partial charge in [-0.05, 0) is 30.7 Å². The highest BCUT2D eigenvalue weighted by atomic mass is 35.5. The molecular formula is C22H21ClN4O2. The molecule has 1 N–H and O–H groups in total. The summed E-state index contributed by atoms with van der Waals surface area (Å²) in [6.07, 6.45) is 0. The number of allylic oxidation sites excluding steroid dienone is 1. The van der Waals surface area contributed by atoms with Crippen LogP contribution in [0.25, 0.3) is 11.0 Å². The van der Waals surface area contributed by atoms with Crippen LogP contribution in [0.4, 0.5) is 5.95 Å². The quantitative estimate of drug-likeness (QED) is 0.700. The first-order valence-electron chi connectivity index (χ1n) is 9.71. The number of carbonyl (C=O) groups is 1. The summed E-state index contributed by atoms with van der Waals surface area (Å²) in [5, 5.41) is 3.98. The van der Waals surface area contributed by atoms with E-state index in [1.165, 1.54) is 0 Å². The second-order valence-electron chi connectivity index (χ2n) is 7.29. The number of para-hydroxylation sites is 2. The zero-order valence-electron chi connectivity index (χ0n) is 16.1. The molecule has 0 spiro atoms. The highest BCUT2D eigenvalue weighted by Crippen LogP contribution is 2.41. The zero-order valence-corrected chi connectivity index (χ0v) is 16.8. The Morgan fingerprint density at radius 1 is 1.14 bits per heavy atom. The summed E-state index contributed by atoms with van der Waals surface area (Å²) in [5.41, 5.74) is 4.21. The fourth-order valence-corrected chi connectivity index (χ4v) is 4.41. The number of fused-ring (bicyclic) bond motifs is 3. The number of nitrogens with one attached hydrogen (secondary N) is 1. The van der Waals surface area contributed by atoms with Crippen LogP contribution < -0.4 is 5.32 Å². The minimum absolute atomic E-state index is 0.00616. The molecule has 6 nitrogen and oxygen atoms in total. The van der Waals surface area contributed by atoms with Gasteiger partial charge in [-0.25, -0.2) is 4.98 Å². The van der Waals surface area contributed by atoms with E-state index in [1.807, 2.05) is 60.4 Å². The van der Waals surface area contributed by atoms with Crippen molar-refractivity contribution in [3.8, 4) is 0 Å². The van der Waals surface area contributed by atoms with Crippen molar-refractivity contribution >= 4 is 34.5 Å². The van der Waals surface area contributed by atoms with Gasteiger partial charge >= 0.3 is 0 Å². The number of amides is 1. The molecule has 0 bridgehead atoms. The Labute approximate surface area is 173 Å². The molecule has 1 fully saturated rings. The van der Waals surface area contributed by atoms with E-state index in [0.29, 0.717) is 42.8 Å². The van der Waals surface area contributed by atoms with Gasteiger partial charge in [-0.3, -0.25) is 9.36 Å². The molecule has 0 saturated carbocycles. The Morgan fingerprint density at radius 3 is 2.66 bits per heavy atom. The lowest BCUT2D eigenvalue weighted by atomic mass is 9.93. The van der Waals surface area contributed by atoms with Crippen molar-refractivity contribution in [3.05, 3.63) is 70.4 Å². The first kappa shape index (κ1) is 18.2. The predicted molar refractivity (Wildman–Crippen MR) is 113 cm³/mol. The number of ether oxygens (including phenoxy) is 1. The number of morpholine rings is 1. The Bertz CT molecular complexity index is 1130. The van der Waals surface area contributed by atoms with E-state index in [-0.39, 0.29) is 11.9 Å². The molecule has 2 aliphatic rings. The Balaban J connectivity index is 1.72. The Morgan fingerprint density at radius 2 is 1.86 bits per heavy atom. The lowest BCUT2D eigenvalue weighted by Gasteiger charge is -2.35. The lowest BCUT2D eigenvalue weighted by Crippen LogP contribution is -2.44. The SMILES string of the molecule is CC1=C(C(=O)N2CCOCC2)C(c2ccccc2Cl)n2c(nc3ccccc32)N1. The van der Waals surface area contributed by atoms with Crippen molar-refractivity contribution in [1.82, 2.24) is 14.5 Å². The third-order valence-electron chi connectivity index (χ3n) is 5.56. The molecular weight excluding hydrogens is 388 g/mol. The second-order valence-corrected chi connectivity index (χ2v) is 7.69. The molecule has 2 aromatic carbocycles. The maximum Gasteiger partial charge on any atom is 0.254 e. The van der Waals surface area contributed by atoms with E-state index in [4.69, 9.17) is 21.3 Å². The van der Waals surface area contributed by atoms with Gasteiger partial charge in [-0.1, -0.05) is 41.9 Å². The van der Waals surface area contributed by atoms with E-state index >= 15 is 0 Å². The summed E-state index contributed by atoms with van der Waals surface area (Å²) in [7, 11) is 0. The van der Waals surface area contributed by atoms with Crippen molar-refractivity contribution in [2.45, 2.75) is 13.0 Å². The van der Waals surface area contributed by atoms with Crippen LogP contribution in [0, 0.1) is 0 Å². The Hall–Kier alpha value is -2.83. The van der Waals surface area contributed by atoms with Crippen LogP contribution in [0.5, 0.6) is 0 Å². The van der Waals surface area contributed by atoms with Crippen LogP contribution in [0.15, 0.2) is 59.8 Å². The van der Waals surface area contributed by atoms with Gasteiger partial charge in [-0.15, -0.1) is 0 Å². The predicted octanol–water partition coefficient (Wildman–Crippen LogP) is 3.84. The summed E-state index contributed by atoms with van der Waals surface area (Å²) in [5.74, 6) is 0.721. The zero-order chi connectivity index (χ0) is 20.0. The number of nitrogens with zero attached hydrogens (tertiary/aromatic N) is 3. The van der Waals surface area contributed by atoms with Gasteiger partial charge in [0.05, 0.1) is 35.9 Å². The van der Waals surface area contributed by atoms with Gasteiger partial charge in [0.15, 0.2) is 0 Å². The van der Waals surface area contributed by atoms with Crippen molar-refractivity contribution < 1.29 is 9.53 Å². The molecule has 7 heteroatoms. The number of anilines is 1. The number of halogens is 1. The Kier molecular flexibility index (Phi) is 4.53. The molecule has 29 heavy (non-hydrogen) atoms. The lowest BCUT2D eigenvalue weighted by molar-refractivity contribution is -0.131. The van der Waals surface area contributed by atoms with Gasteiger partial charge < -0.3 is 15.0 Å². The smallest absolute Gasteiger partial charge is 0.254 e. The van der Waals surface area contributed by atoms with E-state index < -0.39 is 0 Å². The van der Waals surface area contributed by atoms with Crippen molar-refractivity contribution in [2.75, 3.05) is 31.6 Å². The van der Waals surface area contributed by atoms with Crippen LogP contribution >= 0.6 is 11.6 Å². The molecule has 0 aliphatic carbocycles. The first-order valence-corrected chi connectivity index (χ1v) is 10.1. The molecule has 5 rings (SSSR count). The monoisotopic (exact) mass is 408 g/mol. The molecule has 1 saturated heterocycles. The van der Waals surface area contributed by atoms with E-state index in [9.17, 15) is 4.79 Å². The number of carbonyl (C=O) groups excluding carboxylic acids is 1. The minimum atomic E-state index is -0.359. The normalized spacial score (nSPS) is 19.2. The number of imidazole rings is 1. The fraction of sp³-hybridized carbons (Fsp3) is 0.273. The molecule has 3 aromatic rings. The van der Waals surface area contributed by atoms with E-state index in [1.54, 1.807) is 0 Å². The average molecular weight is 409 g/mol. The molecule has 3 heterocycles. The number of rotatable bonds is 2. The van der Waals surface area contributed by atoms with Gasteiger partial charge in [-0.2, -0.15) is 0 Å².